The summed E-state index contributed by atoms with van der Waals surface area (Å²) in [5.41, 5.74) is 4.72. The number of ether oxygens (including phenoxy) is 1. The van der Waals surface area contributed by atoms with Crippen molar-refractivity contribution in [2.75, 3.05) is 6.61 Å². The summed E-state index contributed by atoms with van der Waals surface area (Å²) in [5.74, 6) is -0.266. The zero-order valence-corrected chi connectivity index (χ0v) is 21.0. The van der Waals surface area contributed by atoms with Crippen molar-refractivity contribution >= 4 is 14.0 Å². The number of carbonyl (C=O) groups excluding carboxylic acids is 1. The van der Waals surface area contributed by atoms with E-state index in [4.69, 9.17) is 4.74 Å². The van der Waals surface area contributed by atoms with Crippen LogP contribution in [0.25, 0.3) is 11.1 Å². The van der Waals surface area contributed by atoms with Gasteiger partial charge in [0.25, 0.3) is 0 Å². The number of carbonyl (C=O) groups is 1. The van der Waals surface area contributed by atoms with Gasteiger partial charge in [0.15, 0.2) is 0 Å². The topological polar surface area (TPSA) is 58.6 Å². The highest BCUT2D eigenvalue weighted by Crippen LogP contribution is 2.26. The fraction of sp³-hybridized carbons (Fsp3) is 0.321. The first-order valence-electron chi connectivity index (χ1n) is 11.6. The van der Waals surface area contributed by atoms with Crippen LogP contribution in [0.1, 0.15) is 28.4 Å². The first-order chi connectivity index (χ1) is 15.8. The van der Waals surface area contributed by atoms with E-state index < -0.39 is 8.07 Å². The lowest BCUT2D eigenvalue weighted by atomic mass is 9.98. The predicted octanol–water partition coefficient (Wildman–Crippen LogP) is 5.47. The van der Waals surface area contributed by atoms with Gasteiger partial charge in [-0.1, -0.05) is 92.4 Å². The molecule has 33 heavy (non-hydrogen) atoms. The number of rotatable bonds is 10. The molecule has 4 nitrogen and oxygen atoms in total. The van der Waals surface area contributed by atoms with Gasteiger partial charge in [-0.3, -0.25) is 0 Å². The maximum absolute atomic E-state index is 12.9. The van der Waals surface area contributed by atoms with Gasteiger partial charge >= 0.3 is 5.97 Å². The molecule has 0 aliphatic carbocycles. The van der Waals surface area contributed by atoms with Crippen LogP contribution < -0.4 is 5.32 Å². The Bertz CT molecular complexity index is 1030. The van der Waals surface area contributed by atoms with Gasteiger partial charge in [0.2, 0.25) is 0 Å². The fourth-order valence-corrected chi connectivity index (χ4v) is 3.94. The van der Waals surface area contributed by atoms with Crippen molar-refractivity contribution in [1.29, 1.82) is 0 Å². The van der Waals surface area contributed by atoms with Crippen LogP contribution in [0.2, 0.25) is 19.6 Å². The summed E-state index contributed by atoms with van der Waals surface area (Å²) in [6.07, 6.45) is 0.779. The summed E-state index contributed by atoms with van der Waals surface area (Å²) in [6.45, 7) is 9.33. The van der Waals surface area contributed by atoms with E-state index in [1.807, 2.05) is 61.5 Å². The van der Waals surface area contributed by atoms with Crippen molar-refractivity contribution in [2.45, 2.75) is 51.3 Å². The Kier molecular flexibility index (Phi) is 8.61. The molecule has 2 N–H and O–H groups in total. The van der Waals surface area contributed by atoms with E-state index in [9.17, 15) is 9.90 Å². The van der Waals surface area contributed by atoms with Crippen LogP contribution in [0.3, 0.4) is 0 Å². The molecule has 3 aromatic rings. The number of hydrogen-bond donors (Lipinski definition) is 2. The van der Waals surface area contributed by atoms with E-state index >= 15 is 0 Å². The number of hydrogen-bond acceptors (Lipinski definition) is 4. The molecule has 0 amide bonds. The average molecular weight is 462 g/mol. The molecule has 174 valence electrons. The van der Waals surface area contributed by atoms with Gasteiger partial charge in [-0.15, -0.1) is 0 Å². The normalized spacial score (nSPS) is 13.4. The van der Waals surface area contributed by atoms with Crippen molar-refractivity contribution in [3.8, 4) is 11.1 Å². The zero-order chi connectivity index (χ0) is 23.8. The molecule has 0 fully saturated rings. The van der Waals surface area contributed by atoms with Gasteiger partial charge in [0.05, 0.1) is 26.0 Å². The number of aliphatic hydroxyl groups excluding tert-OH is 1. The minimum atomic E-state index is -1.58. The SMILES string of the molecule is CC(OC(=O)c1ccccc1-c1ccc(CNC(CO)Cc2ccccc2)cc1)[Si](C)(C)C. The van der Waals surface area contributed by atoms with Crippen LogP contribution in [0, 0.1) is 0 Å². The van der Waals surface area contributed by atoms with Crippen LogP contribution in [0.5, 0.6) is 0 Å². The van der Waals surface area contributed by atoms with Crippen LogP contribution in [0.15, 0.2) is 78.9 Å². The minimum absolute atomic E-state index is 0.00377. The lowest BCUT2D eigenvalue weighted by Crippen LogP contribution is -2.39. The molecule has 0 spiro atoms. The minimum Gasteiger partial charge on any atom is -0.463 e. The third-order valence-electron chi connectivity index (χ3n) is 6.06. The molecule has 3 rings (SSSR count). The molecule has 5 heteroatoms. The fourth-order valence-electron chi connectivity index (χ4n) is 3.48. The largest absolute Gasteiger partial charge is 0.463 e. The number of esters is 1. The molecule has 0 heterocycles. The smallest absolute Gasteiger partial charge is 0.338 e. The van der Waals surface area contributed by atoms with Gasteiger partial charge in [-0.05, 0) is 41.7 Å². The van der Waals surface area contributed by atoms with Crippen LogP contribution >= 0.6 is 0 Å². The second-order valence-electron chi connectivity index (χ2n) is 9.61. The molecular weight excluding hydrogens is 426 g/mol. The van der Waals surface area contributed by atoms with E-state index in [0.717, 1.165) is 23.1 Å². The summed E-state index contributed by atoms with van der Waals surface area (Å²) < 4.78 is 5.80. The van der Waals surface area contributed by atoms with Crippen molar-refractivity contribution < 1.29 is 14.6 Å². The molecule has 2 unspecified atom stereocenters. The second kappa shape index (κ2) is 11.4. The lowest BCUT2D eigenvalue weighted by molar-refractivity contribution is 0.0456. The molecule has 2 atom stereocenters. The summed E-state index contributed by atoms with van der Waals surface area (Å²) in [7, 11) is -1.58. The van der Waals surface area contributed by atoms with Gasteiger partial charge in [-0.25, -0.2) is 4.79 Å². The lowest BCUT2D eigenvalue weighted by Gasteiger charge is -2.25. The summed E-state index contributed by atoms with van der Waals surface area (Å²) in [4.78, 5) is 12.9. The highest BCUT2D eigenvalue weighted by molar-refractivity contribution is 6.77. The first-order valence-corrected chi connectivity index (χ1v) is 15.1. The quantitative estimate of drug-likeness (QED) is 0.310. The Balaban J connectivity index is 1.67. The van der Waals surface area contributed by atoms with Crippen LogP contribution in [-0.2, 0) is 17.7 Å². The van der Waals surface area contributed by atoms with Crippen molar-refractivity contribution in [1.82, 2.24) is 5.32 Å². The molecule has 3 aromatic carbocycles. The van der Waals surface area contributed by atoms with Gasteiger partial charge < -0.3 is 15.2 Å². The molecule has 0 aliphatic heterocycles. The summed E-state index contributed by atoms with van der Waals surface area (Å²) in [5, 5.41) is 13.2. The number of nitrogens with one attached hydrogen (secondary N) is 1. The third-order valence-corrected chi connectivity index (χ3v) is 8.61. The van der Waals surface area contributed by atoms with E-state index in [1.165, 1.54) is 5.56 Å². The van der Waals surface area contributed by atoms with Crippen molar-refractivity contribution in [3.05, 3.63) is 95.6 Å². The van der Waals surface area contributed by atoms with E-state index in [2.05, 4.69) is 49.2 Å². The van der Waals surface area contributed by atoms with E-state index in [1.54, 1.807) is 0 Å². The molecular formula is C28H35NO3Si. The molecule has 0 aliphatic rings. The van der Waals surface area contributed by atoms with Crippen LogP contribution in [0.4, 0.5) is 0 Å². The van der Waals surface area contributed by atoms with Crippen molar-refractivity contribution in [2.24, 2.45) is 0 Å². The number of benzene rings is 3. The summed E-state index contributed by atoms with van der Waals surface area (Å²) >= 11 is 0. The highest BCUT2D eigenvalue weighted by atomic mass is 28.3. The second-order valence-corrected chi connectivity index (χ2v) is 15.2. The Morgan fingerprint density at radius 3 is 2.18 bits per heavy atom. The maximum atomic E-state index is 12.9. The standard InChI is InChI=1S/C28H35NO3Si/c1-21(33(2,3)4)32-28(31)27-13-9-8-12-26(27)24-16-14-23(15-17-24)19-29-25(20-30)18-22-10-6-5-7-11-22/h5-17,21,25,29-30H,18-20H2,1-4H3. The molecule has 0 radical (unpaired) electrons. The van der Waals surface area contributed by atoms with E-state index in [-0.39, 0.29) is 24.3 Å². The molecule has 0 aromatic heterocycles. The molecule has 0 bridgehead atoms. The molecule has 0 saturated carbocycles. The van der Waals surface area contributed by atoms with E-state index in [0.29, 0.717) is 12.1 Å². The molecule has 0 saturated heterocycles. The number of aliphatic hydroxyl groups is 1. The third kappa shape index (κ3) is 7.12. The van der Waals surface area contributed by atoms with Gasteiger partial charge in [0.1, 0.15) is 0 Å². The monoisotopic (exact) mass is 461 g/mol. The Hall–Kier alpha value is -2.73. The van der Waals surface area contributed by atoms with Crippen molar-refractivity contribution in [3.63, 3.8) is 0 Å². The Morgan fingerprint density at radius 2 is 1.55 bits per heavy atom. The Morgan fingerprint density at radius 1 is 0.909 bits per heavy atom. The maximum Gasteiger partial charge on any atom is 0.338 e. The highest BCUT2D eigenvalue weighted by Gasteiger charge is 2.27. The van der Waals surface area contributed by atoms with Crippen LogP contribution in [-0.4, -0.2) is 37.5 Å². The zero-order valence-electron chi connectivity index (χ0n) is 20.0. The average Bonchev–Trinajstić information content (AvgIpc) is 2.82. The Labute approximate surface area is 198 Å². The predicted molar refractivity (Wildman–Crippen MR) is 138 cm³/mol. The summed E-state index contributed by atoms with van der Waals surface area (Å²) in [6, 6.07) is 26.0. The first kappa shape index (κ1) is 24.9. The van der Waals surface area contributed by atoms with Gasteiger partial charge in [-0.2, -0.15) is 0 Å². The van der Waals surface area contributed by atoms with Gasteiger partial charge in [0, 0.05) is 12.6 Å².